The van der Waals surface area contributed by atoms with Crippen LogP contribution in [0.5, 0.6) is 0 Å². The summed E-state index contributed by atoms with van der Waals surface area (Å²) in [6.07, 6.45) is 1.91. The second kappa shape index (κ2) is 6.19. The fraction of sp³-hybridized carbons (Fsp3) is 0.235. The summed E-state index contributed by atoms with van der Waals surface area (Å²) in [6.45, 7) is 5.06. The number of aliphatic imine (C=N–C) groups is 1. The van der Waals surface area contributed by atoms with Crippen LogP contribution in [0.15, 0.2) is 53.5 Å². The summed E-state index contributed by atoms with van der Waals surface area (Å²) in [6, 6.07) is 16.7. The third-order valence-corrected chi connectivity index (χ3v) is 3.10. The van der Waals surface area contributed by atoms with Gasteiger partial charge in [-0.25, -0.2) is 4.99 Å². The lowest BCUT2D eigenvalue weighted by Crippen LogP contribution is -2.15. The van der Waals surface area contributed by atoms with Crippen LogP contribution in [0.1, 0.15) is 16.7 Å². The maximum atomic E-state index is 4.60. The SMILES string of the molecule is Cc1cccc(C)c1N=CN(C)Cc1ccccc1. The van der Waals surface area contributed by atoms with Crippen LogP contribution in [0.25, 0.3) is 0 Å². The van der Waals surface area contributed by atoms with Crippen molar-refractivity contribution < 1.29 is 0 Å². The van der Waals surface area contributed by atoms with Gasteiger partial charge in [-0.1, -0.05) is 48.5 Å². The molecule has 0 aliphatic carbocycles. The van der Waals surface area contributed by atoms with Gasteiger partial charge in [-0.15, -0.1) is 0 Å². The van der Waals surface area contributed by atoms with Crippen LogP contribution < -0.4 is 0 Å². The topological polar surface area (TPSA) is 15.6 Å². The molecule has 0 unspecified atom stereocenters. The molecule has 0 heterocycles. The highest BCUT2D eigenvalue weighted by atomic mass is 15.1. The van der Waals surface area contributed by atoms with Crippen molar-refractivity contribution >= 4 is 12.0 Å². The summed E-state index contributed by atoms with van der Waals surface area (Å²) in [5, 5.41) is 0. The van der Waals surface area contributed by atoms with E-state index in [4.69, 9.17) is 0 Å². The quantitative estimate of drug-likeness (QED) is 0.591. The van der Waals surface area contributed by atoms with Gasteiger partial charge in [0.15, 0.2) is 0 Å². The Hall–Kier alpha value is -2.09. The van der Waals surface area contributed by atoms with E-state index in [9.17, 15) is 0 Å². The van der Waals surface area contributed by atoms with E-state index in [-0.39, 0.29) is 0 Å². The highest BCUT2D eigenvalue weighted by Crippen LogP contribution is 2.22. The summed E-state index contributed by atoms with van der Waals surface area (Å²) in [4.78, 5) is 6.70. The van der Waals surface area contributed by atoms with Crippen LogP contribution in [0.2, 0.25) is 0 Å². The summed E-state index contributed by atoms with van der Waals surface area (Å²) in [7, 11) is 2.05. The molecule has 0 aromatic heterocycles. The Morgan fingerprint density at radius 1 is 0.947 bits per heavy atom. The molecule has 0 radical (unpaired) electrons. The van der Waals surface area contributed by atoms with E-state index < -0.39 is 0 Å². The summed E-state index contributed by atoms with van der Waals surface area (Å²) >= 11 is 0. The minimum absolute atomic E-state index is 0.870. The molecule has 0 saturated carbocycles. The molecule has 2 rings (SSSR count). The minimum atomic E-state index is 0.870. The number of hydrogen-bond acceptors (Lipinski definition) is 1. The second-order valence-corrected chi connectivity index (χ2v) is 4.89. The zero-order valence-electron chi connectivity index (χ0n) is 11.8. The summed E-state index contributed by atoms with van der Waals surface area (Å²) < 4.78 is 0. The monoisotopic (exact) mass is 252 g/mol. The molecule has 2 nitrogen and oxygen atoms in total. The first-order valence-corrected chi connectivity index (χ1v) is 6.51. The fourth-order valence-electron chi connectivity index (χ4n) is 2.08. The van der Waals surface area contributed by atoms with E-state index >= 15 is 0 Å². The number of para-hydroxylation sites is 1. The second-order valence-electron chi connectivity index (χ2n) is 4.89. The number of rotatable bonds is 4. The van der Waals surface area contributed by atoms with Gasteiger partial charge < -0.3 is 4.90 Å². The Labute approximate surface area is 115 Å². The Bertz CT molecular complexity index is 538. The molecule has 2 heteroatoms. The molecule has 0 N–H and O–H groups in total. The van der Waals surface area contributed by atoms with Gasteiger partial charge in [0.2, 0.25) is 0 Å². The maximum absolute atomic E-state index is 4.60. The first-order chi connectivity index (χ1) is 9.16. The van der Waals surface area contributed by atoms with Crippen molar-refractivity contribution in [3.8, 4) is 0 Å². The van der Waals surface area contributed by atoms with Crippen LogP contribution in [0.4, 0.5) is 5.69 Å². The lowest BCUT2D eigenvalue weighted by atomic mass is 10.1. The van der Waals surface area contributed by atoms with Crippen molar-refractivity contribution in [1.29, 1.82) is 0 Å². The molecule has 0 bridgehead atoms. The normalized spacial score (nSPS) is 10.9. The van der Waals surface area contributed by atoms with E-state index in [0.717, 1.165) is 12.2 Å². The smallest absolute Gasteiger partial charge is 0.0912 e. The van der Waals surface area contributed by atoms with Gasteiger partial charge in [-0.05, 0) is 30.5 Å². The zero-order valence-corrected chi connectivity index (χ0v) is 11.8. The number of nitrogens with zero attached hydrogens (tertiary/aromatic N) is 2. The highest BCUT2D eigenvalue weighted by Gasteiger charge is 2.00. The average molecular weight is 252 g/mol. The van der Waals surface area contributed by atoms with Crippen molar-refractivity contribution in [2.75, 3.05) is 7.05 Å². The largest absolute Gasteiger partial charge is 0.361 e. The van der Waals surface area contributed by atoms with E-state index in [1.807, 2.05) is 19.5 Å². The van der Waals surface area contributed by atoms with Gasteiger partial charge in [0.25, 0.3) is 0 Å². The van der Waals surface area contributed by atoms with Crippen LogP contribution in [0, 0.1) is 13.8 Å². The fourth-order valence-corrected chi connectivity index (χ4v) is 2.08. The standard InChI is InChI=1S/C17H20N2/c1-14-8-7-9-15(2)17(14)18-13-19(3)12-16-10-5-4-6-11-16/h4-11,13H,12H2,1-3H3. The van der Waals surface area contributed by atoms with E-state index in [0.29, 0.717) is 0 Å². The van der Waals surface area contributed by atoms with Gasteiger partial charge in [0.1, 0.15) is 0 Å². The Morgan fingerprint density at radius 3 is 2.21 bits per heavy atom. The highest BCUT2D eigenvalue weighted by molar-refractivity contribution is 5.65. The van der Waals surface area contributed by atoms with E-state index in [1.165, 1.54) is 16.7 Å². The average Bonchev–Trinajstić information content (AvgIpc) is 2.39. The Morgan fingerprint density at radius 2 is 1.58 bits per heavy atom. The minimum Gasteiger partial charge on any atom is -0.361 e. The van der Waals surface area contributed by atoms with E-state index in [2.05, 4.69) is 66.2 Å². The molecule has 98 valence electrons. The molecule has 19 heavy (non-hydrogen) atoms. The molecule has 0 fully saturated rings. The van der Waals surface area contributed by atoms with Crippen molar-refractivity contribution in [2.24, 2.45) is 4.99 Å². The summed E-state index contributed by atoms with van der Waals surface area (Å²) in [5.74, 6) is 0. The van der Waals surface area contributed by atoms with E-state index in [1.54, 1.807) is 0 Å². The first-order valence-electron chi connectivity index (χ1n) is 6.51. The van der Waals surface area contributed by atoms with Crippen molar-refractivity contribution in [3.05, 3.63) is 65.2 Å². The number of benzene rings is 2. The first kappa shape index (κ1) is 13.3. The predicted molar refractivity (Wildman–Crippen MR) is 82.0 cm³/mol. The Balaban J connectivity index is 2.06. The van der Waals surface area contributed by atoms with Crippen LogP contribution in [-0.2, 0) is 6.54 Å². The van der Waals surface area contributed by atoms with Crippen LogP contribution in [0.3, 0.4) is 0 Å². The predicted octanol–water partition coefficient (Wildman–Crippen LogP) is 4.10. The van der Waals surface area contributed by atoms with Crippen LogP contribution >= 0.6 is 0 Å². The zero-order chi connectivity index (χ0) is 13.7. The molecular formula is C17H20N2. The molecule has 0 aliphatic heterocycles. The summed E-state index contributed by atoms with van der Waals surface area (Å²) in [5.41, 5.74) is 4.79. The molecule has 0 amide bonds. The number of aryl methyl sites for hydroxylation is 2. The molecule has 0 spiro atoms. The lowest BCUT2D eigenvalue weighted by Gasteiger charge is -2.13. The Kier molecular flexibility index (Phi) is 4.35. The molecule has 2 aromatic carbocycles. The van der Waals surface area contributed by atoms with Crippen LogP contribution in [-0.4, -0.2) is 18.3 Å². The molecule has 0 atom stereocenters. The van der Waals surface area contributed by atoms with Crippen molar-refractivity contribution in [2.45, 2.75) is 20.4 Å². The molecular weight excluding hydrogens is 232 g/mol. The maximum Gasteiger partial charge on any atom is 0.0912 e. The van der Waals surface area contributed by atoms with Crippen molar-refractivity contribution in [1.82, 2.24) is 4.90 Å². The van der Waals surface area contributed by atoms with Gasteiger partial charge in [0.05, 0.1) is 12.0 Å². The molecule has 0 aliphatic rings. The third kappa shape index (κ3) is 3.68. The van der Waals surface area contributed by atoms with Gasteiger partial charge >= 0.3 is 0 Å². The third-order valence-electron chi connectivity index (χ3n) is 3.10. The molecule has 0 saturated heterocycles. The van der Waals surface area contributed by atoms with Gasteiger partial charge in [-0.3, -0.25) is 0 Å². The van der Waals surface area contributed by atoms with Crippen molar-refractivity contribution in [3.63, 3.8) is 0 Å². The lowest BCUT2D eigenvalue weighted by molar-refractivity contribution is 0.516. The molecule has 2 aromatic rings. The van der Waals surface area contributed by atoms with Gasteiger partial charge in [0, 0.05) is 13.6 Å². The van der Waals surface area contributed by atoms with Gasteiger partial charge in [-0.2, -0.15) is 0 Å². The number of hydrogen-bond donors (Lipinski definition) is 0.